The van der Waals surface area contributed by atoms with Crippen molar-refractivity contribution in [2.24, 2.45) is 5.92 Å². The first-order valence-electron chi connectivity index (χ1n) is 12.3. The summed E-state index contributed by atoms with van der Waals surface area (Å²) in [6.07, 6.45) is 3.83. The fraction of sp³-hybridized carbons (Fsp3) is 0.321. The molecule has 10 heteroatoms. The minimum atomic E-state index is -1.00. The number of ketones is 1. The molecule has 4 rings (SSSR count). The zero-order valence-corrected chi connectivity index (χ0v) is 22.4. The third-order valence-corrected chi connectivity index (χ3v) is 7.12. The van der Waals surface area contributed by atoms with Gasteiger partial charge in [-0.05, 0) is 56.0 Å². The van der Waals surface area contributed by atoms with Crippen molar-refractivity contribution in [1.29, 1.82) is 0 Å². The van der Waals surface area contributed by atoms with Gasteiger partial charge in [-0.3, -0.25) is 19.5 Å². The first kappa shape index (κ1) is 27.0. The monoisotopic (exact) mass is 535 g/mol. The van der Waals surface area contributed by atoms with Crippen LogP contribution in [0, 0.1) is 12.8 Å². The van der Waals surface area contributed by atoms with E-state index in [4.69, 9.17) is 9.47 Å². The Balaban J connectivity index is 1.85. The smallest absolute Gasteiger partial charge is 0.350 e. The third kappa shape index (κ3) is 5.45. The lowest BCUT2D eigenvalue weighted by Gasteiger charge is -2.23. The van der Waals surface area contributed by atoms with Gasteiger partial charge in [-0.15, -0.1) is 0 Å². The van der Waals surface area contributed by atoms with Gasteiger partial charge < -0.3 is 14.6 Å². The molecule has 9 nitrogen and oxygen atoms in total. The Morgan fingerprint density at radius 1 is 1.18 bits per heavy atom. The number of carbonyl (C=O) groups is 3. The van der Waals surface area contributed by atoms with Crippen LogP contribution in [0.3, 0.4) is 0 Å². The number of aromatic nitrogens is 2. The van der Waals surface area contributed by atoms with Crippen molar-refractivity contribution in [2.75, 3.05) is 18.1 Å². The van der Waals surface area contributed by atoms with E-state index in [1.165, 1.54) is 17.3 Å². The largest absolute Gasteiger partial charge is 0.507 e. The second-order valence-electron chi connectivity index (χ2n) is 9.14. The van der Waals surface area contributed by atoms with E-state index in [1.807, 2.05) is 0 Å². The van der Waals surface area contributed by atoms with E-state index in [0.29, 0.717) is 35.1 Å². The van der Waals surface area contributed by atoms with Gasteiger partial charge in [0, 0.05) is 18.0 Å². The fourth-order valence-corrected chi connectivity index (χ4v) is 5.06. The SMILES string of the molecule is CCOC(=O)c1sc(N2C(=O)C(=O)/C(=C(/O)c3ccncc3)C2c2cccc(OCCC(C)C)c2)nc1C. The lowest BCUT2D eigenvalue weighted by atomic mass is 9.95. The van der Waals surface area contributed by atoms with Gasteiger partial charge >= 0.3 is 11.9 Å². The Morgan fingerprint density at radius 3 is 2.61 bits per heavy atom. The Hall–Kier alpha value is -4.05. The Bertz CT molecular complexity index is 1380. The number of esters is 1. The van der Waals surface area contributed by atoms with Crippen LogP contribution in [0.4, 0.5) is 5.13 Å². The van der Waals surface area contributed by atoms with E-state index >= 15 is 0 Å². The van der Waals surface area contributed by atoms with Crippen LogP contribution in [0.25, 0.3) is 5.76 Å². The van der Waals surface area contributed by atoms with Crippen LogP contribution >= 0.6 is 11.3 Å². The number of amides is 1. The number of Topliss-reactive ketones (excluding diaryl/α,β-unsaturated/α-hetero) is 1. The molecular weight excluding hydrogens is 506 g/mol. The molecule has 1 aliphatic rings. The van der Waals surface area contributed by atoms with E-state index in [2.05, 4.69) is 23.8 Å². The molecule has 2 aromatic heterocycles. The summed E-state index contributed by atoms with van der Waals surface area (Å²) in [7, 11) is 0. The summed E-state index contributed by atoms with van der Waals surface area (Å²) in [5.41, 5.74) is 1.18. The molecule has 38 heavy (non-hydrogen) atoms. The Kier molecular flexibility index (Phi) is 8.21. The molecule has 1 unspecified atom stereocenters. The lowest BCUT2D eigenvalue weighted by Crippen LogP contribution is -2.29. The van der Waals surface area contributed by atoms with E-state index < -0.39 is 23.7 Å². The number of anilines is 1. The Labute approximate surface area is 224 Å². The number of carbonyl (C=O) groups excluding carboxylic acids is 3. The third-order valence-electron chi connectivity index (χ3n) is 5.99. The van der Waals surface area contributed by atoms with Crippen LogP contribution in [0.1, 0.15) is 59.7 Å². The molecule has 1 aromatic carbocycles. The second-order valence-corrected chi connectivity index (χ2v) is 10.1. The summed E-state index contributed by atoms with van der Waals surface area (Å²) in [4.78, 5) is 49.1. The molecule has 0 bridgehead atoms. The maximum Gasteiger partial charge on any atom is 0.350 e. The molecule has 1 saturated heterocycles. The predicted octanol–water partition coefficient (Wildman–Crippen LogP) is 5.07. The fourth-order valence-electron chi connectivity index (χ4n) is 4.07. The second kappa shape index (κ2) is 11.6. The van der Waals surface area contributed by atoms with Crippen LogP contribution in [0.15, 0.2) is 54.4 Å². The van der Waals surface area contributed by atoms with Crippen molar-refractivity contribution in [3.8, 4) is 5.75 Å². The number of ether oxygens (including phenoxy) is 2. The summed E-state index contributed by atoms with van der Waals surface area (Å²) in [6, 6.07) is 9.17. The molecule has 3 heterocycles. The van der Waals surface area contributed by atoms with Crippen LogP contribution in [-0.4, -0.2) is 45.9 Å². The number of rotatable bonds is 9. The van der Waals surface area contributed by atoms with E-state index in [1.54, 1.807) is 50.2 Å². The number of aliphatic hydroxyl groups excluding tert-OH is 1. The number of thiazole rings is 1. The Morgan fingerprint density at radius 2 is 1.92 bits per heavy atom. The van der Waals surface area contributed by atoms with Gasteiger partial charge in [0.1, 0.15) is 16.4 Å². The zero-order chi connectivity index (χ0) is 27.4. The summed E-state index contributed by atoms with van der Waals surface area (Å²) in [6.45, 7) is 8.24. The van der Waals surface area contributed by atoms with Crippen molar-refractivity contribution in [2.45, 2.75) is 40.2 Å². The number of aryl methyl sites for hydroxylation is 1. The number of hydrogen-bond donors (Lipinski definition) is 1. The highest BCUT2D eigenvalue weighted by molar-refractivity contribution is 7.17. The molecule has 1 fully saturated rings. The molecule has 198 valence electrons. The average molecular weight is 536 g/mol. The normalized spacial score (nSPS) is 16.8. The molecule has 0 spiro atoms. The lowest BCUT2D eigenvalue weighted by molar-refractivity contribution is -0.132. The van der Waals surface area contributed by atoms with E-state index in [0.717, 1.165) is 17.8 Å². The van der Waals surface area contributed by atoms with Crippen LogP contribution in [0.2, 0.25) is 0 Å². The van der Waals surface area contributed by atoms with Crippen LogP contribution < -0.4 is 9.64 Å². The number of nitrogens with zero attached hydrogens (tertiary/aromatic N) is 3. The minimum absolute atomic E-state index is 0.0916. The maximum atomic E-state index is 13.4. The molecule has 1 amide bonds. The minimum Gasteiger partial charge on any atom is -0.507 e. The summed E-state index contributed by atoms with van der Waals surface area (Å²) in [5.74, 6) is -1.57. The molecule has 1 aliphatic heterocycles. The number of hydrogen-bond acceptors (Lipinski definition) is 9. The molecule has 1 atom stereocenters. The number of aliphatic hydroxyl groups is 1. The van der Waals surface area contributed by atoms with Gasteiger partial charge in [0.25, 0.3) is 5.78 Å². The number of benzene rings is 1. The summed E-state index contributed by atoms with van der Waals surface area (Å²) < 4.78 is 11.0. The summed E-state index contributed by atoms with van der Waals surface area (Å²) >= 11 is 0.962. The first-order chi connectivity index (χ1) is 18.2. The van der Waals surface area contributed by atoms with Gasteiger partial charge in [0.2, 0.25) is 0 Å². The highest BCUT2D eigenvalue weighted by Gasteiger charge is 2.48. The highest BCUT2D eigenvalue weighted by Crippen LogP contribution is 2.44. The first-order valence-corrected chi connectivity index (χ1v) is 13.1. The van der Waals surface area contributed by atoms with Crippen molar-refractivity contribution in [3.05, 3.63) is 76.1 Å². The van der Waals surface area contributed by atoms with Gasteiger partial charge in [0.15, 0.2) is 5.13 Å². The van der Waals surface area contributed by atoms with Crippen molar-refractivity contribution >= 4 is 39.9 Å². The van der Waals surface area contributed by atoms with E-state index in [9.17, 15) is 19.5 Å². The topological polar surface area (TPSA) is 119 Å². The zero-order valence-electron chi connectivity index (χ0n) is 21.6. The van der Waals surface area contributed by atoms with Crippen molar-refractivity contribution < 1.29 is 29.0 Å². The molecule has 0 saturated carbocycles. The van der Waals surface area contributed by atoms with Gasteiger partial charge in [0.05, 0.1) is 30.5 Å². The van der Waals surface area contributed by atoms with Crippen LogP contribution in [-0.2, 0) is 14.3 Å². The van der Waals surface area contributed by atoms with Gasteiger partial charge in [-0.2, -0.15) is 0 Å². The molecule has 0 radical (unpaired) electrons. The molecular formula is C28H29N3O6S. The van der Waals surface area contributed by atoms with Crippen molar-refractivity contribution in [3.63, 3.8) is 0 Å². The molecule has 3 aromatic rings. The van der Waals surface area contributed by atoms with Gasteiger partial charge in [-0.25, -0.2) is 9.78 Å². The highest BCUT2D eigenvalue weighted by atomic mass is 32.1. The maximum absolute atomic E-state index is 13.4. The number of pyridine rings is 1. The quantitative estimate of drug-likeness (QED) is 0.175. The van der Waals surface area contributed by atoms with Crippen LogP contribution in [0.5, 0.6) is 5.75 Å². The standard InChI is InChI=1S/C28H29N3O6S/c1-5-36-27(35)25-17(4)30-28(38-25)31-22(19-7-6-8-20(15-19)37-14-11-16(2)3)21(24(33)26(31)34)23(32)18-9-12-29-13-10-18/h6-10,12-13,15-16,22,32H,5,11,14H2,1-4H3/b23-21+. The van der Waals surface area contributed by atoms with Crippen molar-refractivity contribution in [1.82, 2.24) is 9.97 Å². The summed E-state index contributed by atoms with van der Waals surface area (Å²) in [5, 5.41) is 11.4. The van der Waals surface area contributed by atoms with Gasteiger partial charge in [-0.1, -0.05) is 37.3 Å². The molecule has 0 aliphatic carbocycles. The average Bonchev–Trinajstić information content (AvgIpc) is 3.41. The van der Waals surface area contributed by atoms with E-state index in [-0.39, 0.29) is 27.9 Å². The predicted molar refractivity (Wildman–Crippen MR) is 143 cm³/mol. The molecule has 1 N–H and O–H groups in total.